The van der Waals surface area contributed by atoms with Crippen LogP contribution in [0.25, 0.3) is 0 Å². The molecular weight excluding hydrogens is 384 g/mol. The molecule has 2 aliphatic heterocycles. The SMILES string of the molecule is C=C/C(C)=C/C(=C\C(=C)C)C(=O)C(=C)CC1C[C@H]2CC[C@H](C1)N2CC(=O)NC(C)(C)C. The molecule has 0 spiro atoms. The van der Waals surface area contributed by atoms with Gasteiger partial charge in [0.15, 0.2) is 5.78 Å². The molecule has 0 unspecified atom stereocenters. The second-order valence-electron chi connectivity index (χ2n) is 10.4. The summed E-state index contributed by atoms with van der Waals surface area (Å²) < 4.78 is 0. The summed E-state index contributed by atoms with van der Waals surface area (Å²) in [5, 5.41) is 3.08. The molecule has 2 heterocycles. The number of fused-ring (bicyclic) bond motifs is 2. The van der Waals surface area contributed by atoms with Crippen molar-refractivity contribution < 1.29 is 9.59 Å². The molecule has 2 fully saturated rings. The van der Waals surface area contributed by atoms with Crippen LogP contribution in [0.15, 0.2) is 60.3 Å². The summed E-state index contributed by atoms with van der Waals surface area (Å²) in [6.07, 6.45) is 10.4. The minimum atomic E-state index is -0.208. The molecule has 31 heavy (non-hydrogen) atoms. The van der Waals surface area contributed by atoms with Crippen LogP contribution >= 0.6 is 0 Å². The van der Waals surface area contributed by atoms with E-state index in [0.717, 1.165) is 36.8 Å². The monoisotopic (exact) mass is 424 g/mol. The second-order valence-corrected chi connectivity index (χ2v) is 10.4. The van der Waals surface area contributed by atoms with Gasteiger partial charge in [0.2, 0.25) is 5.91 Å². The minimum absolute atomic E-state index is 0.0106. The lowest BCUT2D eigenvalue weighted by Crippen LogP contribution is -2.51. The summed E-state index contributed by atoms with van der Waals surface area (Å²) in [6, 6.07) is 0.844. The number of hydrogen-bond donors (Lipinski definition) is 1. The van der Waals surface area contributed by atoms with E-state index in [0.29, 0.717) is 42.1 Å². The molecule has 1 amide bonds. The summed E-state index contributed by atoms with van der Waals surface area (Å²) in [5.41, 5.74) is 2.84. The van der Waals surface area contributed by atoms with Gasteiger partial charge in [0.25, 0.3) is 0 Å². The molecule has 4 heteroatoms. The van der Waals surface area contributed by atoms with Gasteiger partial charge in [-0.25, -0.2) is 0 Å². The molecule has 4 nitrogen and oxygen atoms in total. The van der Waals surface area contributed by atoms with Gasteiger partial charge >= 0.3 is 0 Å². The minimum Gasteiger partial charge on any atom is -0.350 e. The number of rotatable bonds is 9. The number of Topliss-reactive ketones (excluding diaryl/α,β-unsaturated/α-hetero) is 1. The van der Waals surface area contributed by atoms with Crippen LogP contribution < -0.4 is 5.32 Å². The van der Waals surface area contributed by atoms with Crippen LogP contribution in [0.2, 0.25) is 0 Å². The maximum absolute atomic E-state index is 13.1. The number of piperidine rings is 1. The summed E-state index contributed by atoms with van der Waals surface area (Å²) in [5.74, 6) is 0.524. The first-order valence-corrected chi connectivity index (χ1v) is 11.4. The average molecular weight is 425 g/mol. The van der Waals surface area contributed by atoms with E-state index in [1.165, 1.54) is 0 Å². The van der Waals surface area contributed by atoms with Crippen molar-refractivity contribution in [2.24, 2.45) is 5.92 Å². The number of amides is 1. The molecule has 0 aromatic heterocycles. The molecule has 0 aliphatic carbocycles. The lowest BCUT2D eigenvalue weighted by atomic mass is 9.84. The fraction of sp³-hybridized carbons (Fsp3) is 0.556. The van der Waals surface area contributed by atoms with Gasteiger partial charge in [-0.15, -0.1) is 0 Å². The van der Waals surface area contributed by atoms with Gasteiger partial charge in [0.1, 0.15) is 0 Å². The molecule has 2 bridgehead atoms. The van der Waals surface area contributed by atoms with E-state index < -0.39 is 0 Å². The number of nitrogens with one attached hydrogen (secondary N) is 1. The van der Waals surface area contributed by atoms with Crippen molar-refractivity contribution >= 4 is 11.7 Å². The number of allylic oxidation sites excluding steroid dienone is 7. The summed E-state index contributed by atoms with van der Waals surface area (Å²) in [6.45, 7) is 22.1. The van der Waals surface area contributed by atoms with Crippen molar-refractivity contribution in [1.29, 1.82) is 0 Å². The standard InChI is InChI=1S/C27H40N2O2/c1-9-19(4)13-22(12-18(2)3)26(31)20(5)14-21-15-23-10-11-24(16-21)29(23)17-25(30)28-27(6,7)8/h9,12-13,21,23-24H,1-2,5,10-11,14-17H2,3-4,6-8H3,(H,28,30)/b19-13+,22-12+/t23-,24-/m1/s1. The normalized spacial score (nSPS) is 24.6. The molecule has 0 aromatic carbocycles. The van der Waals surface area contributed by atoms with Crippen molar-refractivity contribution in [3.05, 3.63) is 60.3 Å². The van der Waals surface area contributed by atoms with E-state index in [4.69, 9.17) is 0 Å². The van der Waals surface area contributed by atoms with Gasteiger partial charge in [0.05, 0.1) is 6.54 Å². The summed E-state index contributed by atoms with van der Waals surface area (Å²) in [7, 11) is 0. The van der Waals surface area contributed by atoms with Gasteiger partial charge in [-0.05, 0) is 90.4 Å². The van der Waals surface area contributed by atoms with Crippen LogP contribution in [0.5, 0.6) is 0 Å². The third-order valence-corrected chi connectivity index (χ3v) is 6.05. The lowest BCUT2D eigenvalue weighted by molar-refractivity contribution is -0.125. The van der Waals surface area contributed by atoms with Crippen LogP contribution in [0.3, 0.4) is 0 Å². The Balaban J connectivity index is 2.00. The Hall–Kier alpha value is -2.20. The number of carbonyl (C=O) groups is 2. The molecule has 2 aliphatic rings. The summed E-state index contributed by atoms with van der Waals surface area (Å²) >= 11 is 0. The van der Waals surface area contributed by atoms with Crippen molar-refractivity contribution in [1.82, 2.24) is 10.2 Å². The van der Waals surface area contributed by atoms with E-state index in [-0.39, 0.29) is 17.2 Å². The average Bonchev–Trinajstić information content (AvgIpc) is 2.86. The van der Waals surface area contributed by atoms with Crippen molar-refractivity contribution in [3.8, 4) is 0 Å². The van der Waals surface area contributed by atoms with E-state index in [1.54, 1.807) is 6.08 Å². The molecule has 0 radical (unpaired) electrons. The van der Waals surface area contributed by atoms with Crippen molar-refractivity contribution in [3.63, 3.8) is 0 Å². The zero-order chi connectivity index (χ0) is 23.3. The van der Waals surface area contributed by atoms with Crippen LogP contribution in [-0.4, -0.2) is 40.8 Å². The first-order chi connectivity index (χ1) is 14.4. The maximum Gasteiger partial charge on any atom is 0.234 e. The van der Waals surface area contributed by atoms with Crippen LogP contribution in [0, 0.1) is 5.92 Å². The van der Waals surface area contributed by atoms with Crippen LogP contribution in [-0.2, 0) is 9.59 Å². The fourth-order valence-electron chi connectivity index (χ4n) is 4.82. The van der Waals surface area contributed by atoms with Gasteiger partial charge in [-0.2, -0.15) is 0 Å². The third kappa shape index (κ3) is 7.46. The Morgan fingerprint density at radius 2 is 1.65 bits per heavy atom. The zero-order valence-corrected chi connectivity index (χ0v) is 20.1. The van der Waals surface area contributed by atoms with Gasteiger partial charge < -0.3 is 5.32 Å². The zero-order valence-electron chi connectivity index (χ0n) is 20.1. The summed E-state index contributed by atoms with van der Waals surface area (Å²) in [4.78, 5) is 27.9. The predicted octanol–water partition coefficient (Wildman–Crippen LogP) is 5.29. The predicted molar refractivity (Wildman–Crippen MR) is 130 cm³/mol. The highest BCUT2D eigenvalue weighted by Gasteiger charge is 2.41. The number of hydrogen-bond acceptors (Lipinski definition) is 3. The first kappa shape index (κ1) is 25.1. The molecular formula is C27H40N2O2. The Morgan fingerprint density at radius 3 is 2.13 bits per heavy atom. The quantitative estimate of drug-likeness (QED) is 0.404. The molecule has 0 aromatic rings. The number of nitrogens with zero attached hydrogens (tertiary/aromatic N) is 1. The Kier molecular flexibility index (Phi) is 8.41. The van der Waals surface area contributed by atoms with E-state index in [2.05, 4.69) is 30.0 Å². The van der Waals surface area contributed by atoms with E-state index in [9.17, 15) is 9.59 Å². The maximum atomic E-state index is 13.1. The van der Waals surface area contributed by atoms with Crippen molar-refractivity contribution in [2.45, 2.75) is 84.3 Å². The largest absolute Gasteiger partial charge is 0.350 e. The molecule has 1 N–H and O–H groups in total. The Labute approximate surface area is 188 Å². The van der Waals surface area contributed by atoms with Gasteiger partial charge in [-0.3, -0.25) is 14.5 Å². The molecule has 2 rings (SSSR count). The second kappa shape index (κ2) is 10.4. The van der Waals surface area contributed by atoms with E-state index >= 15 is 0 Å². The molecule has 2 atom stereocenters. The Bertz CT molecular complexity index is 796. The van der Waals surface area contributed by atoms with Crippen molar-refractivity contribution in [2.75, 3.05) is 6.54 Å². The molecule has 0 saturated carbocycles. The molecule has 170 valence electrons. The highest BCUT2D eigenvalue weighted by Crippen LogP contribution is 2.40. The van der Waals surface area contributed by atoms with E-state index in [1.807, 2.05) is 46.8 Å². The third-order valence-electron chi connectivity index (χ3n) is 6.05. The highest BCUT2D eigenvalue weighted by molar-refractivity contribution is 6.10. The van der Waals surface area contributed by atoms with Crippen LogP contribution in [0.4, 0.5) is 0 Å². The lowest BCUT2D eigenvalue weighted by Gasteiger charge is -2.39. The molecule has 2 saturated heterocycles. The van der Waals surface area contributed by atoms with Crippen LogP contribution in [0.1, 0.15) is 66.7 Å². The topological polar surface area (TPSA) is 49.4 Å². The fourth-order valence-corrected chi connectivity index (χ4v) is 4.82. The highest BCUT2D eigenvalue weighted by atomic mass is 16.2. The smallest absolute Gasteiger partial charge is 0.234 e. The van der Waals surface area contributed by atoms with Gasteiger partial charge in [-0.1, -0.05) is 37.0 Å². The number of carbonyl (C=O) groups excluding carboxylic acids is 2. The van der Waals surface area contributed by atoms with Gasteiger partial charge in [0, 0.05) is 23.2 Å². The first-order valence-electron chi connectivity index (χ1n) is 11.4. The number of ketones is 1. The Morgan fingerprint density at radius 1 is 1.06 bits per heavy atom.